The topological polar surface area (TPSA) is 121 Å². The second kappa shape index (κ2) is 7.01. The van der Waals surface area contributed by atoms with Gasteiger partial charge in [0, 0.05) is 11.4 Å². The molecule has 1 unspecified atom stereocenters. The van der Waals surface area contributed by atoms with E-state index in [9.17, 15) is 19.2 Å². The van der Waals surface area contributed by atoms with Crippen LogP contribution in [0.1, 0.15) is 49.6 Å². The third-order valence-electron chi connectivity index (χ3n) is 4.73. The quantitative estimate of drug-likeness (QED) is 0.578. The normalized spacial score (nSPS) is 17.1. The molecule has 2 aromatic rings. The van der Waals surface area contributed by atoms with Gasteiger partial charge in [-0.2, -0.15) is 0 Å². The van der Waals surface area contributed by atoms with Crippen molar-refractivity contribution < 1.29 is 19.1 Å². The summed E-state index contributed by atoms with van der Waals surface area (Å²) in [5.41, 5.74) is -0.364. The summed E-state index contributed by atoms with van der Waals surface area (Å²) >= 11 is 1.41. The number of nitrogens with one attached hydrogen (secondary N) is 2. The maximum Gasteiger partial charge on any atom is 0.325 e. The van der Waals surface area contributed by atoms with Crippen LogP contribution in [0.15, 0.2) is 4.79 Å². The molecule has 1 fully saturated rings. The van der Waals surface area contributed by atoms with Crippen molar-refractivity contribution >= 4 is 39.5 Å². The summed E-state index contributed by atoms with van der Waals surface area (Å²) in [6.45, 7) is 8.50. The molecule has 0 spiro atoms. The number of aryl methyl sites for hydroxylation is 2. The molecule has 0 aromatic carbocycles. The van der Waals surface area contributed by atoms with Gasteiger partial charge in [-0.3, -0.25) is 19.3 Å². The van der Waals surface area contributed by atoms with Gasteiger partial charge in [-0.05, 0) is 40.2 Å². The minimum atomic E-state index is -0.982. The van der Waals surface area contributed by atoms with Gasteiger partial charge in [-0.15, -0.1) is 11.3 Å². The second-order valence-electron chi connectivity index (χ2n) is 7.31. The largest absolute Gasteiger partial charge is 0.454 e. The Bertz CT molecular complexity index is 1040. The molecule has 1 atom stereocenters. The summed E-state index contributed by atoms with van der Waals surface area (Å²) in [7, 11) is 0. The van der Waals surface area contributed by atoms with E-state index in [0.29, 0.717) is 10.2 Å². The summed E-state index contributed by atoms with van der Waals surface area (Å²) in [4.78, 5) is 58.1. The average Bonchev–Trinajstić information content (AvgIpc) is 2.98. The fourth-order valence-electron chi connectivity index (χ4n) is 3.00. The van der Waals surface area contributed by atoms with Crippen molar-refractivity contribution in [1.29, 1.82) is 0 Å². The third kappa shape index (κ3) is 3.51. The molecule has 10 heteroatoms. The van der Waals surface area contributed by atoms with Gasteiger partial charge in [-0.25, -0.2) is 9.78 Å². The number of urea groups is 1. The number of esters is 1. The van der Waals surface area contributed by atoms with Crippen molar-refractivity contribution in [2.24, 2.45) is 0 Å². The first-order valence-electron chi connectivity index (χ1n) is 8.84. The zero-order valence-corrected chi connectivity index (χ0v) is 17.2. The number of carbonyl (C=O) groups excluding carboxylic acids is 3. The molecule has 0 bridgehead atoms. The summed E-state index contributed by atoms with van der Waals surface area (Å²) in [6, 6.07) is -0.532. The lowest BCUT2D eigenvalue weighted by Crippen LogP contribution is -2.40. The van der Waals surface area contributed by atoms with Gasteiger partial charge in [0.1, 0.15) is 10.4 Å². The van der Waals surface area contributed by atoms with E-state index >= 15 is 0 Å². The monoisotopic (exact) mass is 406 g/mol. The van der Waals surface area contributed by atoms with Crippen LogP contribution in [0.25, 0.3) is 10.2 Å². The molecule has 0 saturated carbocycles. The Balaban J connectivity index is 1.66. The standard InChI is InChI=1S/C18H22N4O5S/c1-8-10(3)28-15-12(8)14(24)19-13(20-15)9(2)27-11(23)6-7-22-16(25)18(4,5)21-17(22)26/h9H,6-7H2,1-5H3,(H,21,26)(H,19,20,24). The van der Waals surface area contributed by atoms with Crippen molar-refractivity contribution in [2.45, 2.75) is 52.7 Å². The summed E-state index contributed by atoms with van der Waals surface area (Å²) in [6.07, 6.45) is -0.921. The molecule has 0 aliphatic carbocycles. The molecule has 3 heterocycles. The number of fused-ring (bicyclic) bond motifs is 1. The number of hydrogen-bond acceptors (Lipinski definition) is 7. The number of aromatic amines is 1. The lowest BCUT2D eigenvalue weighted by molar-refractivity contribution is -0.149. The highest BCUT2D eigenvalue weighted by atomic mass is 32.1. The van der Waals surface area contributed by atoms with Gasteiger partial charge in [0.15, 0.2) is 11.9 Å². The van der Waals surface area contributed by atoms with Crippen LogP contribution in [0, 0.1) is 13.8 Å². The number of rotatable bonds is 5. The molecule has 1 saturated heterocycles. The molecule has 0 radical (unpaired) electrons. The molecule has 28 heavy (non-hydrogen) atoms. The Hall–Kier alpha value is -2.75. The molecule has 1 aliphatic rings. The Kier molecular flexibility index (Phi) is 5.00. The van der Waals surface area contributed by atoms with E-state index in [2.05, 4.69) is 15.3 Å². The summed E-state index contributed by atoms with van der Waals surface area (Å²) in [5.74, 6) is -0.736. The number of imide groups is 1. The van der Waals surface area contributed by atoms with E-state index in [4.69, 9.17) is 4.74 Å². The maximum absolute atomic E-state index is 12.3. The number of nitrogens with zero attached hydrogens (tertiary/aromatic N) is 2. The van der Waals surface area contributed by atoms with E-state index < -0.39 is 29.6 Å². The van der Waals surface area contributed by atoms with Crippen LogP contribution in [0.2, 0.25) is 0 Å². The number of H-pyrrole nitrogens is 1. The van der Waals surface area contributed by atoms with Crippen molar-refractivity contribution in [3.8, 4) is 0 Å². The van der Waals surface area contributed by atoms with Gasteiger partial charge in [-0.1, -0.05) is 0 Å². The van der Waals surface area contributed by atoms with E-state index in [1.165, 1.54) is 11.3 Å². The van der Waals surface area contributed by atoms with Crippen molar-refractivity contribution in [3.05, 3.63) is 26.6 Å². The first-order chi connectivity index (χ1) is 13.0. The van der Waals surface area contributed by atoms with Crippen LogP contribution >= 0.6 is 11.3 Å². The highest BCUT2D eigenvalue weighted by molar-refractivity contribution is 7.18. The molecular formula is C18H22N4O5S. The summed E-state index contributed by atoms with van der Waals surface area (Å²) < 4.78 is 5.32. The van der Waals surface area contributed by atoms with Crippen molar-refractivity contribution in [1.82, 2.24) is 20.2 Å². The number of ether oxygens (including phenoxy) is 1. The zero-order chi connectivity index (χ0) is 20.8. The van der Waals surface area contributed by atoms with Crippen molar-refractivity contribution in [2.75, 3.05) is 6.54 Å². The SMILES string of the molecule is Cc1sc2nc(C(C)OC(=O)CCN3C(=O)NC(C)(C)C3=O)[nH]c(=O)c2c1C. The predicted molar refractivity (Wildman–Crippen MR) is 103 cm³/mol. The van der Waals surface area contributed by atoms with Crippen LogP contribution < -0.4 is 10.9 Å². The smallest absolute Gasteiger partial charge is 0.325 e. The van der Waals surface area contributed by atoms with Crippen LogP contribution in [-0.4, -0.2) is 44.9 Å². The Labute approximate surface area is 165 Å². The molecule has 150 valence electrons. The van der Waals surface area contributed by atoms with Crippen molar-refractivity contribution in [3.63, 3.8) is 0 Å². The van der Waals surface area contributed by atoms with Crippen LogP contribution in [-0.2, 0) is 14.3 Å². The molecule has 9 nitrogen and oxygen atoms in total. The Morgan fingerprint density at radius 2 is 1.96 bits per heavy atom. The highest BCUT2D eigenvalue weighted by Gasteiger charge is 2.44. The first kappa shape index (κ1) is 20.0. The fraction of sp³-hybridized carbons (Fsp3) is 0.500. The number of aromatic nitrogens is 2. The van der Waals surface area contributed by atoms with E-state index in [1.54, 1.807) is 20.8 Å². The van der Waals surface area contributed by atoms with E-state index in [0.717, 1.165) is 15.3 Å². The fourth-order valence-corrected chi connectivity index (χ4v) is 4.04. The van der Waals surface area contributed by atoms with E-state index in [-0.39, 0.29) is 24.3 Å². The zero-order valence-electron chi connectivity index (χ0n) is 16.3. The maximum atomic E-state index is 12.3. The number of thiophene rings is 1. The predicted octanol–water partition coefficient (Wildman–Crippen LogP) is 1.93. The Morgan fingerprint density at radius 1 is 1.29 bits per heavy atom. The average molecular weight is 406 g/mol. The summed E-state index contributed by atoms with van der Waals surface area (Å²) in [5, 5.41) is 3.10. The number of hydrogen-bond donors (Lipinski definition) is 2. The minimum absolute atomic E-state index is 0.0774. The lowest BCUT2D eigenvalue weighted by atomic mass is 10.1. The second-order valence-corrected chi connectivity index (χ2v) is 8.51. The van der Waals surface area contributed by atoms with Crippen LogP contribution in [0.3, 0.4) is 0 Å². The van der Waals surface area contributed by atoms with Crippen LogP contribution in [0.4, 0.5) is 4.79 Å². The molecule has 2 aromatic heterocycles. The highest BCUT2D eigenvalue weighted by Crippen LogP contribution is 2.27. The Morgan fingerprint density at radius 3 is 2.57 bits per heavy atom. The van der Waals surface area contributed by atoms with Crippen LogP contribution in [0.5, 0.6) is 0 Å². The molecule has 2 N–H and O–H groups in total. The number of carbonyl (C=O) groups is 3. The van der Waals surface area contributed by atoms with Gasteiger partial charge in [0.05, 0.1) is 11.8 Å². The molecular weight excluding hydrogens is 384 g/mol. The van der Waals surface area contributed by atoms with Gasteiger partial charge < -0.3 is 15.0 Å². The first-order valence-corrected chi connectivity index (χ1v) is 9.66. The van der Waals surface area contributed by atoms with Gasteiger partial charge in [0.25, 0.3) is 11.5 Å². The van der Waals surface area contributed by atoms with E-state index in [1.807, 2.05) is 13.8 Å². The lowest BCUT2D eigenvalue weighted by Gasteiger charge is -2.16. The molecule has 3 rings (SSSR count). The molecule has 3 amide bonds. The number of amides is 3. The minimum Gasteiger partial charge on any atom is -0.454 e. The van der Waals surface area contributed by atoms with Gasteiger partial charge in [0.2, 0.25) is 0 Å². The van der Waals surface area contributed by atoms with Gasteiger partial charge >= 0.3 is 12.0 Å². The third-order valence-corrected chi connectivity index (χ3v) is 5.84. The molecule has 1 aliphatic heterocycles.